The molecule has 0 aromatic carbocycles. The molecule has 1 fully saturated rings. The molecule has 0 amide bonds. The third kappa shape index (κ3) is 4.49. The van der Waals surface area contributed by atoms with Crippen molar-refractivity contribution in [3.05, 3.63) is 29.7 Å². The maximum Gasteiger partial charge on any atom is 0.357 e. The van der Waals surface area contributed by atoms with E-state index in [-0.39, 0.29) is 5.92 Å². The largest absolute Gasteiger partial charge is 0.461 e. The second kappa shape index (κ2) is 8.55. The van der Waals surface area contributed by atoms with E-state index < -0.39 is 5.97 Å². The van der Waals surface area contributed by atoms with Crippen LogP contribution in [0.15, 0.2) is 18.3 Å². The molecule has 0 saturated heterocycles. The van der Waals surface area contributed by atoms with Crippen LogP contribution in [0.2, 0.25) is 0 Å². The van der Waals surface area contributed by atoms with Crippen molar-refractivity contribution < 1.29 is 9.53 Å². The van der Waals surface area contributed by atoms with E-state index in [9.17, 15) is 4.79 Å². The summed E-state index contributed by atoms with van der Waals surface area (Å²) in [4.78, 5) is 17.1. The Balaban J connectivity index is 1.91. The molecular formula is C21H30N4O2. The van der Waals surface area contributed by atoms with E-state index in [1.165, 1.54) is 25.7 Å². The number of anilines is 1. The fourth-order valence-electron chi connectivity index (χ4n) is 3.61. The smallest absolute Gasteiger partial charge is 0.357 e. The van der Waals surface area contributed by atoms with Gasteiger partial charge in [-0.1, -0.05) is 26.7 Å². The molecule has 2 aromatic heterocycles. The molecule has 0 atom stereocenters. The predicted molar refractivity (Wildman–Crippen MR) is 107 cm³/mol. The molecule has 0 spiro atoms. The molecule has 1 saturated carbocycles. The summed E-state index contributed by atoms with van der Waals surface area (Å²) in [5.41, 5.74) is 3.13. The Bertz CT molecular complexity index is 791. The Morgan fingerprint density at radius 3 is 2.70 bits per heavy atom. The monoisotopic (exact) mass is 370 g/mol. The standard InChI is InChI=1S/C21H30N4O2/c1-14(2)13-27-21(26)20-17(9-10-19(22-4)24-20)18-11-23-25(15(18)3)12-16-7-5-6-8-16/h9-11,14,16H,5-8,12-13H2,1-4H3,(H,22,24). The van der Waals surface area contributed by atoms with Crippen LogP contribution in [0.3, 0.4) is 0 Å². The number of aromatic nitrogens is 3. The summed E-state index contributed by atoms with van der Waals surface area (Å²) < 4.78 is 7.52. The number of hydrogen-bond acceptors (Lipinski definition) is 5. The van der Waals surface area contributed by atoms with Gasteiger partial charge < -0.3 is 10.1 Å². The quantitative estimate of drug-likeness (QED) is 0.736. The summed E-state index contributed by atoms with van der Waals surface area (Å²) in [7, 11) is 1.79. The number of nitrogens with zero attached hydrogens (tertiary/aromatic N) is 3. The maximum atomic E-state index is 12.7. The van der Waals surface area contributed by atoms with Gasteiger partial charge in [-0.3, -0.25) is 4.68 Å². The van der Waals surface area contributed by atoms with Crippen LogP contribution in [-0.2, 0) is 11.3 Å². The van der Waals surface area contributed by atoms with Crippen LogP contribution in [0.25, 0.3) is 11.1 Å². The Morgan fingerprint density at radius 2 is 2.04 bits per heavy atom. The van der Waals surface area contributed by atoms with Gasteiger partial charge in [-0.05, 0) is 43.7 Å². The third-order valence-corrected chi connectivity index (χ3v) is 5.19. The molecule has 0 unspecified atom stereocenters. The topological polar surface area (TPSA) is 69.0 Å². The molecule has 27 heavy (non-hydrogen) atoms. The Morgan fingerprint density at radius 1 is 1.30 bits per heavy atom. The van der Waals surface area contributed by atoms with E-state index in [0.717, 1.165) is 23.4 Å². The average Bonchev–Trinajstić information content (AvgIpc) is 3.30. The lowest BCUT2D eigenvalue weighted by Crippen LogP contribution is -2.14. The summed E-state index contributed by atoms with van der Waals surface area (Å²) >= 11 is 0. The van der Waals surface area contributed by atoms with Crippen LogP contribution < -0.4 is 5.32 Å². The normalized spacial score (nSPS) is 14.7. The molecule has 6 heteroatoms. The van der Waals surface area contributed by atoms with Crippen LogP contribution in [-0.4, -0.2) is 34.4 Å². The Kier molecular flexibility index (Phi) is 6.14. The van der Waals surface area contributed by atoms with Gasteiger partial charge in [0.15, 0.2) is 5.69 Å². The van der Waals surface area contributed by atoms with Gasteiger partial charge in [0.1, 0.15) is 5.82 Å². The Hall–Kier alpha value is -2.37. The summed E-state index contributed by atoms with van der Waals surface area (Å²) in [6.07, 6.45) is 7.04. The summed E-state index contributed by atoms with van der Waals surface area (Å²) in [6.45, 7) is 7.42. The van der Waals surface area contributed by atoms with Crippen molar-refractivity contribution in [3.63, 3.8) is 0 Å². The summed E-state index contributed by atoms with van der Waals surface area (Å²) in [5.74, 6) is 1.24. The second-order valence-electron chi connectivity index (χ2n) is 7.81. The van der Waals surface area contributed by atoms with Crippen LogP contribution in [0, 0.1) is 18.8 Å². The van der Waals surface area contributed by atoms with E-state index in [1.54, 1.807) is 7.05 Å². The number of nitrogens with one attached hydrogen (secondary N) is 1. The molecule has 1 aliphatic rings. The molecule has 6 nitrogen and oxygen atoms in total. The number of ether oxygens (including phenoxy) is 1. The SMILES string of the molecule is CNc1ccc(-c2cnn(CC3CCCC3)c2C)c(C(=O)OCC(C)C)n1. The van der Waals surface area contributed by atoms with Gasteiger partial charge in [0.05, 0.1) is 12.8 Å². The van der Waals surface area contributed by atoms with Crippen molar-refractivity contribution >= 4 is 11.8 Å². The van der Waals surface area contributed by atoms with Crippen LogP contribution in [0.1, 0.15) is 55.7 Å². The Labute approximate surface area is 161 Å². The number of esters is 1. The molecule has 0 radical (unpaired) electrons. The van der Waals surface area contributed by atoms with Crippen molar-refractivity contribution in [1.29, 1.82) is 0 Å². The minimum Gasteiger partial charge on any atom is -0.461 e. The average molecular weight is 370 g/mol. The molecule has 2 heterocycles. The summed E-state index contributed by atoms with van der Waals surface area (Å²) in [6, 6.07) is 3.80. The highest BCUT2D eigenvalue weighted by Crippen LogP contribution is 2.30. The van der Waals surface area contributed by atoms with E-state index in [0.29, 0.717) is 24.0 Å². The highest BCUT2D eigenvalue weighted by atomic mass is 16.5. The van der Waals surface area contributed by atoms with Gasteiger partial charge in [-0.25, -0.2) is 9.78 Å². The van der Waals surface area contributed by atoms with E-state index in [1.807, 2.05) is 32.2 Å². The molecule has 2 aromatic rings. The van der Waals surface area contributed by atoms with E-state index >= 15 is 0 Å². The zero-order valence-electron chi connectivity index (χ0n) is 16.8. The number of pyridine rings is 1. The van der Waals surface area contributed by atoms with Crippen LogP contribution >= 0.6 is 0 Å². The van der Waals surface area contributed by atoms with Crippen molar-refractivity contribution in [1.82, 2.24) is 14.8 Å². The first kappa shape index (κ1) is 19.4. The van der Waals surface area contributed by atoms with Crippen LogP contribution in [0.5, 0.6) is 0 Å². The predicted octanol–water partition coefficient (Wildman–Crippen LogP) is 4.30. The first-order chi connectivity index (χ1) is 13.0. The lowest BCUT2D eigenvalue weighted by atomic mass is 10.0. The first-order valence-corrected chi connectivity index (χ1v) is 9.88. The molecule has 146 valence electrons. The molecule has 0 aliphatic heterocycles. The minimum atomic E-state index is -0.390. The zero-order chi connectivity index (χ0) is 19.4. The molecule has 1 N–H and O–H groups in total. The van der Waals surface area contributed by atoms with Crippen LogP contribution in [0.4, 0.5) is 5.82 Å². The van der Waals surface area contributed by atoms with Gasteiger partial charge in [0.25, 0.3) is 0 Å². The van der Waals surface area contributed by atoms with Crippen molar-refractivity contribution in [2.45, 2.75) is 53.0 Å². The highest BCUT2D eigenvalue weighted by Gasteiger charge is 2.22. The number of carbonyl (C=O) groups excluding carboxylic acids is 1. The lowest BCUT2D eigenvalue weighted by Gasteiger charge is -2.13. The first-order valence-electron chi connectivity index (χ1n) is 9.88. The maximum absolute atomic E-state index is 12.7. The zero-order valence-corrected chi connectivity index (χ0v) is 16.8. The van der Waals surface area contributed by atoms with E-state index in [2.05, 4.69) is 27.0 Å². The van der Waals surface area contributed by atoms with Gasteiger partial charge in [0, 0.05) is 30.4 Å². The van der Waals surface area contributed by atoms with Crippen molar-refractivity contribution in [3.8, 4) is 11.1 Å². The van der Waals surface area contributed by atoms with E-state index in [4.69, 9.17) is 4.74 Å². The van der Waals surface area contributed by atoms with Gasteiger partial charge in [-0.15, -0.1) is 0 Å². The molecule has 1 aliphatic carbocycles. The number of hydrogen-bond donors (Lipinski definition) is 1. The highest BCUT2D eigenvalue weighted by molar-refractivity contribution is 5.96. The van der Waals surface area contributed by atoms with Gasteiger partial charge >= 0.3 is 5.97 Å². The molecular weight excluding hydrogens is 340 g/mol. The third-order valence-electron chi connectivity index (χ3n) is 5.19. The van der Waals surface area contributed by atoms with Crippen molar-refractivity contribution in [2.75, 3.05) is 19.0 Å². The van der Waals surface area contributed by atoms with Crippen molar-refractivity contribution in [2.24, 2.45) is 11.8 Å². The summed E-state index contributed by atoms with van der Waals surface area (Å²) in [5, 5.41) is 7.59. The minimum absolute atomic E-state index is 0.279. The number of carbonyl (C=O) groups is 1. The molecule has 0 bridgehead atoms. The van der Waals surface area contributed by atoms with Gasteiger partial charge in [-0.2, -0.15) is 5.10 Å². The lowest BCUT2D eigenvalue weighted by molar-refractivity contribution is 0.0453. The number of rotatable bonds is 7. The fraction of sp³-hybridized carbons (Fsp3) is 0.571. The molecule has 3 rings (SSSR count). The second-order valence-corrected chi connectivity index (χ2v) is 7.81. The van der Waals surface area contributed by atoms with Gasteiger partial charge in [0.2, 0.25) is 0 Å². The fourth-order valence-corrected chi connectivity index (χ4v) is 3.61.